The maximum Gasteiger partial charge on any atom is 0.263 e. The van der Waals surface area contributed by atoms with Gasteiger partial charge in [0, 0.05) is 35.8 Å². The molecule has 1 N–H and O–H groups in total. The topological polar surface area (TPSA) is 34.0 Å². The zero-order chi connectivity index (χ0) is 13.4. The highest BCUT2D eigenvalue weighted by Gasteiger charge is 2.21. The molecule has 98 valence electrons. The largest absolute Gasteiger partial charge is 0.312 e. The van der Waals surface area contributed by atoms with Gasteiger partial charge in [0.25, 0.3) is 5.91 Å². The van der Waals surface area contributed by atoms with Crippen LogP contribution in [0.4, 0.5) is 0 Å². The molecule has 0 atom stereocenters. The van der Waals surface area contributed by atoms with E-state index in [1.165, 1.54) is 5.56 Å². The van der Waals surface area contributed by atoms with Crippen molar-refractivity contribution in [1.82, 2.24) is 9.88 Å². The Morgan fingerprint density at radius 2 is 2.21 bits per heavy atom. The van der Waals surface area contributed by atoms with Crippen molar-refractivity contribution in [3.63, 3.8) is 0 Å². The van der Waals surface area contributed by atoms with Gasteiger partial charge in [-0.1, -0.05) is 17.7 Å². The SMILES string of the molecule is O=C(c1cccc(Cl)c1)n1c(Br)cc2c1CCNC2. The van der Waals surface area contributed by atoms with Crippen molar-refractivity contribution in [3.8, 4) is 0 Å². The molecule has 0 saturated heterocycles. The fourth-order valence-electron chi connectivity index (χ4n) is 2.39. The summed E-state index contributed by atoms with van der Waals surface area (Å²) in [5, 5.41) is 3.88. The van der Waals surface area contributed by atoms with Crippen LogP contribution in [-0.4, -0.2) is 17.0 Å². The van der Waals surface area contributed by atoms with Gasteiger partial charge in [-0.25, -0.2) is 0 Å². The Balaban J connectivity index is 2.07. The van der Waals surface area contributed by atoms with Crippen LogP contribution in [0.25, 0.3) is 0 Å². The summed E-state index contributed by atoms with van der Waals surface area (Å²) >= 11 is 9.43. The van der Waals surface area contributed by atoms with Crippen LogP contribution in [0.3, 0.4) is 0 Å². The highest BCUT2D eigenvalue weighted by molar-refractivity contribution is 9.10. The first-order valence-corrected chi connectivity index (χ1v) is 7.24. The molecule has 1 aromatic heterocycles. The van der Waals surface area contributed by atoms with Crippen LogP contribution in [0.2, 0.25) is 5.02 Å². The smallest absolute Gasteiger partial charge is 0.263 e. The van der Waals surface area contributed by atoms with E-state index in [-0.39, 0.29) is 5.91 Å². The first kappa shape index (κ1) is 12.9. The number of nitrogens with zero attached hydrogens (tertiary/aromatic N) is 1. The molecule has 0 unspecified atom stereocenters. The molecular formula is C14H12BrClN2O. The van der Waals surface area contributed by atoms with Crippen molar-refractivity contribution in [2.75, 3.05) is 6.54 Å². The zero-order valence-corrected chi connectivity index (χ0v) is 12.5. The van der Waals surface area contributed by atoms with Crippen molar-refractivity contribution in [2.45, 2.75) is 13.0 Å². The Morgan fingerprint density at radius 3 is 3.00 bits per heavy atom. The van der Waals surface area contributed by atoms with Crippen LogP contribution >= 0.6 is 27.5 Å². The molecule has 0 bridgehead atoms. The van der Waals surface area contributed by atoms with Gasteiger partial charge in [-0.3, -0.25) is 9.36 Å². The fourth-order valence-corrected chi connectivity index (χ4v) is 3.23. The predicted octanol–water partition coefficient (Wildman–Crippen LogP) is 3.24. The van der Waals surface area contributed by atoms with Crippen molar-refractivity contribution < 1.29 is 4.79 Å². The van der Waals surface area contributed by atoms with Gasteiger partial charge in [-0.2, -0.15) is 0 Å². The maximum absolute atomic E-state index is 12.6. The molecule has 0 spiro atoms. The number of carbonyl (C=O) groups excluding carboxylic acids is 1. The van der Waals surface area contributed by atoms with Crippen LogP contribution in [0.1, 0.15) is 21.6 Å². The third kappa shape index (κ3) is 2.36. The lowest BCUT2D eigenvalue weighted by atomic mass is 10.1. The van der Waals surface area contributed by atoms with Gasteiger partial charge >= 0.3 is 0 Å². The van der Waals surface area contributed by atoms with Crippen LogP contribution in [0, 0.1) is 0 Å². The Bertz CT molecular complexity index is 651. The molecule has 0 radical (unpaired) electrons. The van der Waals surface area contributed by atoms with Gasteiger partial charge < -0.3 is 5.32 Å². The molecular weight excluding hydrogens is 328 g/mol. The molecule has 3 nitrogen and oxygen atoms in total. The minimum absolute atomic E-state index is 0.0440. The van der Waals surface area contributed by atoms with Gasteiger partial charge in [0.1, 0.15) is 0 Å². The molecule has 0 saturated carbocycles. The Morgan fingerprint density at radius 1 is 1.37 bits per heavy atom. The third-order valence-corrected chi connectivity index (χ3v) is 4.09. The summed E-state index contributed by atoms with van der Waals surface area (Å²) < 4.78 is 2.54. The first-order chi connectivity index (χ1) is 9.16. The molecule has 2 heterocycles. The number of fused-ring (bicyclic) bond motifs is 1. The van der Waals surface area contributed by atoms with Crippen molar-refractivity contribution in [1.29, 1.82) is 0 Å². The summed E-state index contributed by atoms with van der Waals surface area (Å²) in [7, 11) is 0. The molecule has 1 aromatic carbocycles. The Hall–Kier alpha value is -1.10. The van der Waals surface area contributed by atoms with E-state index in [1.807, 2.05) is 6.07 Å². The lowest BCUT2D eigenvalue weighted by Crippen LogP contribution is -2.26. The van der Waals surface area contributed by atoms with Gasteiger partial charge in [0.05, 0.1) is 4.60 Å². The van der Waals surface area contributed by atoms with E-state index in [4.69, 9.17) is 11.6 Å². The minimum atomic E-state index is -0.0440. The number of halogens is 2. The highest BCUT2D eigenvalue weighted by atomic mass is 79.9. The summed E-state index contributed by atoms with van der Waals surface area (Å²) in [4.78, 5) is 12.6. The summed E-state index contributed by atoms with van der Waals surface area (Å²) in [5.41, 5.74) is 2.86. The molecule has 0 aliphatic carbocycles. The lowest BCUT2D eigenvalue weighted by molar-refractivity contribution is 0.0954. The summed E-state index contributed by atoms with van der Waals surface area (Å²) in [5.74, 6) is -0.0440. The standard InChI is InChI=1S/C14H12BrClN2O/c15-13-7-10-8-17-5-4-12(10)18(13)14(19)9-2-1-3-11(16)6-9/h1-3,6-7,17H,4-5,8H2. The van der Waals surface area contributed by atoms with Crippen molar-refractivity contribution in [3.05, 3.63) is 56.8 Å². The monoisotopic (exact) mass is 338 g/mol. The summed E-state index contributed by atoms with van der Waals surface area (Å²) in [6.45, 7) is 1.70. The quantitative estimate of drug-likeness (QED) is 0.865. The molecule has 2 aromatic rings. The lowest BCUT2D eigenvalue weighted by Gasteiger charge is -2.16. The van der Waals surface area contributed by atoms with Crippen LogP contribution in [0.5, 0.6) is 0 Å². The second kappa shape index (κ2) is 5.12. The Labute approximate surface area is 124 Å². The van der Waals surface area contributed by atoms with E-state index in [0.717, 1.165) is 29.8 Å². The van der Waals surface area contributed by atoms with E-state index in [2.05, 4.69) is 21.2 Å². The number of carbonyl (C=O) groups is 1. The number of hydrogen-bond donors (Lipinski definition) is 1. The van der Waals surface area contributed by atoms with E-state index < -0.39 is 0 Å². The molecule has 0 amide bonds. The van der Waals surface area contributed by atoms with Gasteiger partial charge in [0.2, 0.25) is 0 Å². The fraction of sp³-hybridized carbons (Fsp3) is 0.214. The Kier molecular flexibility index (Phi) is 3.48. The zero-order valence-electron chi connectivity index (χ0n) is 10.1. The number of benzene rings is 1. The number of aromatic nitrogens is 1. The van der Waals surface area contributed by atoms with Gasteiger partial charge in [-0.05, 0) is 45.8 Å². The first-order valence-electron chi connectivity index (χ1n) is 6.07. The average Bonchev–Trinajstić information content (AvgIpc) is 2.74. The van der Waals surface area contributed by atoms with Crippen LogP contribution in [-0.2, 0) is 13.0 Å². The predicted molar refractivity (Wildman–Crippen MR) is 78.7 cm³/mol. The maximum atomic E-state index is 12.6. The van der Waals surface area contributed by atoms with Gasteiger partial charge in [-0.15, -0.1) is 0 Å². The average molecular weight is 340 g/mol. The normalized spacial score (nSPS) is 14.2. The number of hydrogen-bond acceptors (Lipinski definition) is 2. The van der Waals surface area contributed by atoms with Crippen molar-refractivity contribution >= 4 is 33.4 Å². The van der Waals surface area contributed by atoms with E-state index >= 15 is 0 Å². The van der Waals surface area contributed by atoms with Crippen molar-refractivity contribution in [2.24, 2.45) is 0 Å². The van der Waals surface area contributed by atoms with E-state index in [0.29, 0.717) is 10.6 Å². The molecule has 1 aliphatic rings. The summed E-state index contributed by atoms with van der Waals surface area (Å²) in [6, 6.07) is 9.05. The number of rotatable bonds is 1. The third-order valence-electron chi connectivity index (χ3n) is 3.28. The summed E-state index contributed by atoms with van der Waals surface area (Å²) in [6.07, 6.45) is 0.854. The minimum Gasteiger partial charge on any atom is -0.312 e. The molecule has 19 heavy (non-hydrogen) atoms. The number of nitrogens with one attached hydrogen (secondary N) is 1. The second-order valence-corrected chi connectivity index (χ2v) is 5.77. The van der Waals surface area contributed by atoms with E-state index in [9.17, 15) is 4.79 Å². The van der Waals surface area contributed by atoms with Gasteiger partial charge in [0.15, 0.2) is 0 Å². The molecule has 3 rings (SSSR count). The van der Waals surface area contributed by atoms with Crippen LogP contribution < -0.4 is 5.32 Å². The molecule has 1 aliphatic heterocycles. The second-order valence-electron chi connectivity index (χ2n) is 4.52. The molecule has 0 fully saturated rings. The van der Waals surface area contributed by atoms with E-state index in [1.54, 1.807) is 28.8 Å². The molecule has 5 heteroatoms. The highest BCUT2D eigenvalue weighted by Crippen LogP contribution is 2.25. The van der Waals surface area contributed by atoms with Crippen LogP contribution in [0.15, 0.2) is 34.9 Å².